The molecule has 0 spiro atoms. The van der Waals surface area contributed by atoms with Crippen LogP contribution in [0.1, 0.15) is 0 Å². The van der Waals surface area contributed by atoms with Gasteiger partial charge in [0.25, 0.3) is 0 Å². The number of ether oxygens (including phenoxy) is 1. The van der Waals surface area contributed by atoms with Gasteiger partial charge in [-0.2, -0.15) is 0 Å². The fraction of sp³-hybridized carbons (Fsp3) is 0.0526. The van der Waals surface area contributed by atoms with Crippen LogP contribution >= 0.6 is 11.3 Å². The molecule has 2 heterocycles. The van der Waals surface area contributed by atoms with Gasteiger partial charge in [0, 0.05) is 22.7 Å². The van der Waals surface area contributed by atoms with Crippen molar-refractivity contribution in [3.8, 4) is 16.9 Å². The second-order valence-corrected chi connectivity index (χ2v) is 6.69. The Hall–Kier alpha value is -3.59. The topological polar surface area (TPSA) is 90.2 Å². The van der Waals surface area contributed by atoms with Crippen LogP contribution in [0.2, 0.25) is 0 Å². The predicted molar refractivity (Wildman–Crippen MR) is 106 cm³/mol. The Morgan fingerprint density at radius 2 is 1.96 bits per heavy atom. The van der Waals surface area contributed by atoms with Crippen molar-refractivity contribution in [2.45, 2.75) is 0 Å². The quantitative estimate of drug-likeness (QED) is 0.370. The van der Waals surface area contributed by atoms with Crippen LogP contribution in [-0.4, -0.2) is 22.0 Å². The van der Waals surface area contributed by atoms with E-state index in [2.05, 4.69) is 15.3 Å². The van der Waals surface area contributed by atoms with Crippen molar-refractivity contribution in [3.05, 3.63) is 70.1 Å². The number of hydrogen-bond donors (Lipinski definition) is 1. The summed E-state index contributed by atoms with van der Waals surface area (Å²) in [6.45, 7) is 0. The number of hydrogen-bond acceptors (Lipinski definition) is 7. The number of anilines is 2. The van der Waals surface area contributed by atoms with E-state index in [1.807, 2.05) is 5.38 Å². The van der Waals surface area contributed by atoms with Crippen molar-refractivity contribution in [2.75, 3.05) is 12.4 Å². The van der Waals surface area contributed by atoms with E-state index in [1.165, 1.54) is 49.0 Å². The van der Waals surface area contributed by atoms with Crippen molar-refractivity contribution in [1.29, 1.82) is 0 Å². The highest BCUT2D eigenvalue weighted by Gasteiger charge is 2.17. The maximum absolute atomic E-state index is 13.3. The summed E-state index contributed by atoms with van der Waals surface area (Å²) < 4.78 is 18.3. The van der Waals surface area contributed by atoms with Crippen molar-refractivity contribution < 1.29 is 14.1 Å². The first kappa shape index (κ1) is 17.8. The van der Waals surface area contributed by atoms with Crippen LogP contribution in [0.25, 0.3) is 21.3 Å². The van der Waals surface area contributed by atoms with Crippen LogP contribution in [0.5, 0.6) is 5.75 Å². The number of halogens is 1. The number of nitro groups is 1. The Labute approximate surface area is 162 Å². The van der Waals surface area contributed by atoms with E-state index in [0.29, 0.717) is 11.5 Å². The van der Waals surface area contributed by atoms with E-state index in [4.69, 9.17) is 4.74 Å². The molecule has 0 saturated heterocycles. The van der Waals surface area contributed by atoms with Gasteiger partial charge in [-0.25, -0.2) is 14.4 Å². The zero-order valence-electron chi connectivity index (χ0n) is 14.5. The molecular weight excluding hydrogens is 383 g/mol. The molecule has 0 unspecified atom stereocenters. The fourth-order valence-electron chi connectivity index (χ4n) is 2.86. The lowest BCUT2D eigenvalue weighted by molar-refractivity contribution is -0.385. The Morgan fingerprint density at radius 3 is 2.68 bits per heavy atom. The molecule has 7 nitrogen and oxygen atoms in total. The van der Waals surface area contributed by atoms with Crippen LogP contribution in [0, 0.1) is 15.9 Å². The number of rotatable bonds is 5. The zero-order chi connectivity index (χ0) is 19.7. The molecule has 4 aromatic rings. The highest BCUT2D eigenvalue weighted by Crippen LogP contribution is 2.38. The van der Waals surface area contributed by atoms with E-state index in [0.717, 1.165) is 21.3 Å². The number of nitrogens with one attached hydrogen (secondary N) is 1. The Kier molecular flexibility index (Phi) is 4.58. The van der Waals surface area contributed by atoms with Gasteiger partial charge in [-0.05, 0) is 29.8 Å². The molecule has 0 amide bonds. The molecule has 28 heavy (non-hydrogen) atoms. The molecular formula is C19H13FN4O3S. The minimum Gasteiger partial charge on any atom is -0.490 e. The van der Waals surface area contributed by atoms with E-state index in [9.17, 15) is 14.5 Å². The van der Waals surface area contributed by atoms with Gasteiger partial charge in [-0.15, -0.1) is 11.3 Å². The largest absolute Gasteiger partial charge is 0.490 e. The first-order valence-electron chi connectivity index (χ1n) is 8.14. The lowest BCUT2D eigenvalue weighted by Crippen LogP contribution is -1.98. The Bertz CT molecular complexity index is 1180. The van der Waals surface area contributed by atoms with Gasteiger partial charge in [0.1, 0.15) is 22.8 Å². The minimum atomic E-state index is -0.506. The van der Waals surface area contributed by atoms with Crippen LogP contribution in [0.4, 0.5) is 21.6 Å². The number of benzene rings is 2. The molecule has 0 atom stereocenters. The lowest BCUT2D eigenvalue weighted by atomic mass is 10.1. The third kappa shape index (κ3) is 3.23. The van der Waals surface area contributed by atoms with Gasteiger partial charge < -0.3 is 10.1 Å². The molecule has 4 rings (SSSR count). The molecule has 0 bridgehead atoms. The van der Waals surface area contributed by atoms with Crippen LogP contribution in [-0.2, 0) is 0 Å². The van der Waals surface area contributed by atoms with Gasteiger partial charge in [0.2, 0.25) is 0 Å². The van der Waals surface area contributed by atoms with Crippen LogP contribution in [0.3, 0.4) is 0 Å². The summed E-state index contributed by atoms with van der Waals surface area (Å²) in [5.74, 6) is 0.361. The number of nitrogens with zero attached hydrogens (tertiary/aromatic N) is 3. The maximum Gasteiger partial charge on any atom is 0.312 e. The summed E-state index contributed by atoms with van der Waals surface area (Å²) in [6.07, 6.45) is 1.42. The second-order valence-electron chi connectivity index (χ2n) is 5.83. The molecule has 0 saturated carbocycles. The molecule has 140 valence electrons. The SMILES string of the molecule is COc1ccc(Nc2ncnc3scc(-c4ccc(F)cc4)c23)cc1[N+](=O)[O-]. The van der Waals surface area contributed by atoms with E-state index >= 15 is 0 Å². The molecule has 0 aliphatic rings. The Morgan fingerprint density at radius 1 is 1.18 bits per heavy atom. The summed E-state index contributed by atoms with van der Waals surface area (Å²) in [6, 6.07) is 10.7. The number of thiophene rings is 1. The summed E-state index contributed by atoms with van der Waals surface area (Å²) >= 11 is 1.44. The van der Waals surface area contributed by atoms with E-state index in [1.54, 1.807) is 18.2 Å². The van der Waals surface area contributed by atoms with Gasteiger partial charge in [-0.3, -0.25) is 10.1 Å². The molecule has 1 N–H and O–H groups in total. The molecule has 0 fully saturated rings. The summed E-state index contributed by atoms with van der Waals surface area (Å²) in [7, 11) is 1.38. The normalized spacial score (nSPS) is 10.8. The maximum atomic E-state index is 13.3. The van der Waals surface area contributed by atoms with E-state index in [-0.39, 0.29) is 17.3 Å². The third-order valence-corrected chi connectivity index (χ3v) is 5.05. The lowest BCUT2D eigenvalue weighted by Gasteiger charge is -2.09. The van der Waals surface area contributed by atoms with Crippen molar-refractivity contribution in [3.63, 3.8) is 0 Å². The summed E-state index contributed by atoms with van der Waals surface area (Å²) in [5, 5.41) is 17.1. The zero-order valence-corrected chi connectivity index (χ0v) is 15.4. The van der Waals surface area contributed by atoms with Gasteiger partial charge in [0.15, 0.2) is 5.75 Å². The fourth-order valence-corrected chi connectivity index (χ4v) is 3.77. The highest BCUT2D eigenvalue weighted by atomic mass is 32.1. The van der Waals surface area contributed by atoms with Crippen molar-refractivity contribution >= 4 is 38.7 Å². The standard InChI is InChI=1S/C19H13FN4O3S/c1-27-16-7-6-13(8-15(16)24(25)26)23-18-17-14(9-28-19(17)22-10-21-18)11-2-4-12(20)5-3-11/h2-10H,1H3,(H,21,22,23). The first-order valence-corrected chi connectivity index (χ1v) is 9.02. The second kappa shape index (κ2) is 7.20. The average Bonchev–Trinajstić information content (AvgIpc) is 3.14. The molecule has 0 radical (unpaired) electrons. The summed E-state index contributed by atoms with van der Waals surface area (Å²) in [5.41, 5.74) is 2.02. The highest BCUT2D eigenvalue weighted by molar-refractivity contribution is 7.17. The van der Waals surface area contributed by atoms with Gasteiger partial charge in [-0.1, -0.05) is 12.1 Å². The van der Waals surface area contributed by atoms with Gasteiger partial charge >= 0.3 is 5.69 Å². The molecule has 2 aromatic heterocycles. The van der Waals surface area contributed by atoms with Gasteiger partial charge in [0.05, 0.1) is 17.4 Å². The number of fused-ring (bicyclic) bond motifs is 1. The van der Waals surface area contributed by atoms with E-state index < -0.39 is 4.92 Å². The minimum absolute atomic E-state index is 0.151. The predicted octanol–water partition coefficient (Wildman–Crippen LogP) is 5.16. The average molecular weight is 396 g/mol. The number of methoxy groups -OCH3 is 1. The molecule has 9 heteroatoms. The van der Waals surface area contributed by atoms with Crippen LogP contribution < -0.4 is 10.1 Å². The van der Waals surface area contributed by atoms with Crippen molar-refractivity contribution in [1.82, 2.24) is 9.97 Å². The monoisotopic (exact) mass is 396 g/mol. The molecule has 0 aliphatic heterocycles. The molecule has 0 aliphatic carbocycles. The molecule has 2 aromatic carbocycles. The van der Waals surface area contributed by atoms with Crippen molar-refractivity contribution in [2.24, 2.45) is 0 Å². The summed E-state index contributed by atoms with van der Waals surface area (Å²) in [4.78, 5) is 20.1. The number of aromatic nitrogens is 2. The third-order valence-electron chi connectivity index (χ3n) is 4.16. The first-order chi connectivity index (χ1) is 13.6. The number of nitro benzene ring substituents is 1. The smallest absolute Gasteiger partial charge is 0.312 e. The Balaban J connectivity index is 1.80. The van der Waals surface area contributed by atoms with Crippen LogP contribution in [0.15, 0.2) is 54.2 Å².